The second kappa shape index (κ2) is 8.80. The molecule has 3 heteroatoms. The van der Waals surface area contributed by atoms with Crippen molar-refractivity contribution in [2.75, 3.05) is 9.80 Å². The predicted octanol–water partition coefficient (Wildman–Crippen LogP) is 10.5. The van der Waals surface area contributed by atoms with Crippen LogP contribution in [0.1, 0.15) is 49.9 Å². The Hall–Kier alpha value is -4.89. The Labute approximate surface area is 247 Å². The Balaban J connectivity index is 1.37. The van der Waals surface area contributed by atoms with E-state index in [0.717, 1.165) is 17.1 Å². The standard InChI is InChI=1S/C39H33N3/c1-38(2)31-12-7-8-15-35(31)42-36-19-18-30(25-34(36)39(3,4)33-14-9-13-32(38)37(33)42)41(28-20-22-40-23-21-28)29-17-16-26-10-5-6-11-27(26)24-29/h5-25H,1-4H3. The van der Waals surface area contributed by atoms with Crippen LogP contribution in [0.25, 0.3) is 10.8 Å². The van der Waals surface area contributed by atoms with Gasteiger partial charge in [-0.25, -0.2) is 0 Å². The predicted molar refractivity (Wildman–Crippen MR) is 175 cm³/mol. The zero-order chi connectivity index (χ0) is 28.6. The van der Waals surface area contributed by atoms with Crippen LogP contribution in [0.4, 0.5) is 34.1 Å². The molecule has 8 rings (SSSR count). The molecule has 3 nitrogen and oxygen atoms in total. The molecule has 0 saturated heterocycles. The minimum atomic E-state index is -0.192. The summed E-state index contributed by atoms with van der Waals surface area (Å²) in [5.41, 5.74) is 12.4. The number of aromatic nitrogens is 1. The summed E-state index contributed by atoms with van der Waals surface area (Å²) < 4.78 is 0. The van der Waals surface area contributed by atoms with Crippen LogP contribution in [-0.4, -0.2) is 4.98 Å². The molecule has 2 aliphatic heterocycles. The van der Waals surface area contributed by atoms with Gasteiger partial charge in [0.15, 0.2) is 0 Å². The maximum absolute atomic E-state index is 4.32. The molecule has 0 bridgehead atoms. The molecule has 0 spiro atoms. The number of nitrogens with zero attached hydrogens (tertiary/aromatic N) is 3. The van der Waals surface area contributed by atoms with Gasteiger partial charge in [-0.15, -0.1) is 0 Å². The summed E-state index contributed by atoms with van der Waals surface area (Å²) in [5.74, 6) is 0. The molecular formula is C39H33N3. The molecule has 0 unspecified atom stereocenters. The van der Waals surface area contributed by atoms with E-state index in [-0.39, 0.29) is 10.8 Å². The molecule has 204 valence electrons. The molecule has 3 heterocycles. The largest absolute Gasteiger partial charge is 0.310 e. The Morgan fingerprint density at radius 2 is 1.10 bits per heavy atom. The summed E-state index contributed by atoms with van der Waals surface area (Å²) in [5, 5.41) is 2.46. The fourth-order valence-corrected chi connectivity index (χ4v) is 7.27. The SMILES string of the molecule is CC1(C)c2ccccc2N2c3ccc(N(c4ccncc4)c4ccc5ccccc5c4)cc3C(C)(C)c3cccc1c32. The molecule has 0 fully saturated rings. The minimum Gasteiger partial charge on any atom is -0.310 e. The molecule has 1 aromatic heterocycles. The number of benzene rings is 5. The summed E-state index contributed by atoms with van der Waals surface area (Å²) in [7, 11) is 0. The highest BCUT2D eigenvalue weighted by Gasteiger charge is 2.45. The maximum Gasteiger partial charge on any atom is 0.0543 e. The number of pyridine rings is 1. The van der Waals surface area contributed by atoms with Crippen molar-refractivity contribution in [3.63, 3.8) is 0 Å². The highest BCUT2D eigenvalue weighted by Crippen LogP contribution is 2.60. The van der Waals surface area contributed by atoms with Crippen LogP contribution in [-0.2, 0) is 10.8 Å². The molecule has 0 saturated carbocycles. The van der Waals surface area contributed by atoms with Crippen molar-refractivity contribution in [3.05, 3.63) is 150 Å². The number of anilines is 6. The van der Waals surface area contributed by atoms with Gasteiger partial charge >= 0.3 is 0 Å². The van der Waals surface area contributed by atoms with Gasteiger partial charge < -0.3 is 9.80 Å². The molecule has 0 N–H and O–H groups in total. The van der Waals surface area contributed by atoms with Gasteiger partial charge in [0.2, 0.25) is 0 Å². The van der Waals surface area contributed by atoms with Crippen LogP contribution in [0, 0.1) is 0 Å². The second-order valence-corrected chi connectivity index (χ2v) is 12.6. The summed E-state index contributed by atoms with van der Waals surface area (Å²) >= 11 is 0. The first-order valence-electron chi connectivity index (χ1n) is 14.7. The molecule has 42 heavy (non-hydrogen) atoms. The topological polar surface area (TPSA) is 19.4 Å². The monoisotopic (exact) mass is 543 g/mol. The zero-order valence-electron chi connectivity index (χ0n) is 24.5. The van der Waals surface area contributed by atoms with E-state index in [4.69, 9.17) is 0 Å². The number of fused-ring (bicyclic) bond motifs is 5. The van der Waals surface area contributed by atoms with Crippen LogP contribution >= 0.6 is 0 Å². The van der Waals surface area contributed by atoms with Crippen LogP contribution in [0.3, 0.4) is 0 Å². The van der Waals surface area contributed by atoms with Crippen molar-refractivity contribution in [2.24, 2.45) is 0 Å². The first kappa shape index (κ1) is 24.9. The summed E-state index contributed by atoms with van der Waals surface area (Å²) in [6.45, 7) is 9.48. The van der Waals surface area contributed by atoms with Crippen molar-refractivity contribution in [2.45, 2.75) is 38.5 Å². The van der Waals surface area contributed by atoms with E-state index >= 15 is 0 Å². The van der Waals surface area contributed by atoms with Gasteiger partial charge in [0, 0.05) is 40.3 Å². The van der Waals surface area contributed by atoms with Gasteiger partial charge in [0.05, 0.1) is 17.1 Å². The first-order chi connectivity index (χ1) is 20.4. The van der Waals surface area contributed by atoms with E-state index in [0.29, 0.717) is 0 Å². The van der Waals surface area contributed by atoms with E-state index in [2.05, 4.69) is 158 Å². The lowest BCUT2D eigenvalue weighted by Gasteiger charge is -2.49. The zero-order valence-corrected chi connectivity index (χ0v) is 24.5. The molecule has 0 amide bonds. The van der Waals surface area contributed by atoms with Crippen molar-refractivity contribution >= 4 is 44.9 Å². The van der Waals surface area contributed by atoms with E-state index < -0.39 is 0 Å². The lowest BCUT2D eigenvalue weighted by Crippen LogP contribution is -2.38. The number of para-hydroxylation sites is 2. The third-order valence-corrected chi connectivity index (χ3v) is 9.49. The highest BCUT2D eigenvalue weighted by atomic mass is 15.2. The average molecular weight is 544 g/mol. The van der Waals surface area contributed by atoms with Gasteiger partial charge in [0.1, 0.15) is 0 Å². The summed E-state index contributed by atoms with van der Waals surface area (Å²) in [6, 6.07) is 42.3. The molecule has 6 aromatic rings. The molecule has 2 aliphatic rings. The highest BCUT2D eigenvalue weighted by molar-refractivity contribution is 5.94. The van der Waals surface area contributed by atoms with E-state index in [1.165, 1.54) is 50.1 Å². The van der Waals surface area contributed by atoms with Gasteiger partial charge in [-0.3, -0.25) is 4.98 Å². The molecule has 0 radical (unpaired) electrons. The fourth-order valence-electron chi connectivity index (χ4n) is 7.27. The maximum atomic E-state index is 4.32. The minimum absolute atomic E-state index is 0.0831. The van der Waals surface area contributed by atoms with Gasteiger partial charge in [-0.2, -0.15) is 0 Å². The van der Waals surface area contributed by atoms with Gasteiger partial charge in [0.25, 0.3) is 0 Å². The third-order valence-electron chi connectivity index (χ3n) is 9.49. The van der Waals surface area contributed by atoms with Crippen LogP contribution in [0.15, 0.2) is 128 Å². The smallest absolute Gasteiger partial charge is 0.0543 e. The molecule has 5 aromatic carbocycles. The van der Waals surface area contributed by atoms with Crippen LogP contribution < -0.4 is 9.80 Å². The fraction of sp³-hybridized carbons (Fsp3) is 0.154. The Kier molecular flexibility index (Phi) is 5.21. The number of hydrogen-bond acceptors (Lipinski definition) is 3. The van der Waals surface area contributed by atoms with E-state index in [1.807, 2.05) is 12.4 Å². The average Bonchev–Trinajstić information content (AvgIpc) is 3.02. The van der Waals surface area contributed by atoms with Crippen molar-refractivity contribution in [1.29, 1.82) is 0 Å². The molecular weight excluding hydrogens is 510 g/mol. The van der Waals surface area contributed by atoms with Crippen molar-refractivity contribution < 1.29 is 0 Å². The van der Waals surface area contributed by atoms with Gasteiger partial charge in [-0.1, -0.05) is 94.4 Å². The van der Waals surface area contributed by atoms with Crippen LogP contribution in [0.5, 0.6) is 0 Å². The quantitative estimate of drug-likeness (QED) is 0.221. The Bertz CT molecular complexity index is 2000. The van der Waals surface area contributed by atoms with E-state index in [1.54, 1.807) is 0 Å². The first-order valence-corrected chi connectivity index (χ1v) is 14.7. The van der Waals surface area contributed by atoms with Gasteiger partial charge in [-0.05, 0) is 81.6 Å². The summed E-state index contributed by atoms with van der Waals surface area (Å²) in [4.78, 5) is 9.19. The Morgan fingerprint density at radius 3 is 1.88 bits per heavy atom. The van der Waals surface area contributed by atoms with Crippen LogP contribution in [0.2, 0.25) is 0 Å². The molecule has 0 atom stereocenters. The van der Waals surface area contributed by atoms with Crippen molar-refractivity contribution in [3.8, 4) is 0 Å². The third kappa shape index (κ3) is 3.43. The second-order valence-electron chi connectivity index (χ2n) is 12.6. The normalized spacial score (nSPS) is 15.5. The van der Waals surface area contributed by atoms with Crippen molar-refractivity contribution in [1.82, 2.24) is 4.98 Å². The lowest BCUT2D eigenvalue weighted by atomic mass is 9.66. The summed E-state index contributed by atoms with van der Waals surface area (Å²) in [6.07, 6.45) is 3.74. The Morgan fingerprint density at radius 1 is 0.500 bits per heavy atom. The molecule has 0 aliphatic carbocycles. The number of hydrogen-bond donors (Lipinski definition) is 0. The number of rotatable bonds is 3. The van der Waals surface area contributed by atoms with E-state index in [9.17, 15) is 0 Å². The lowest BCUT2D eigenvalue weighted by molar-refractivity contribution is 0.597.